The van der Waals surface area contributed by atoms with Crippen LogP contribution in [0.2, 0.25) is 0 Å². The number of hydrogen-bond donors (Lipinski definition) is 0. The number of pyridine rings is 1. The van der Waals surface area contributed by atoms with Crippen LogP contribution in [0.5, 0.6) is 0 Å². The van der Waals surface area contributed by atoms with E-state index in [-0.39, 0.29) is 62.6 Å². The fourth-order valence-corrected chi connectivity index (χ4v) is 0.972. The summed E-state index contributed by atoms with van der Waals surface area (Å²) in [4.78, 5) is 24.2. The number of carbonyl (C=O) groups is 1. The van der Waals surface area contributed by atoms with E-state index in [1.807, 2.05) is 0 Å². The number of ether oxygens (including phenoxy) is 1. The van der Waals surface area contributed by atoms with Crippen LogP contribution in [0.15, 0.2) is 24.2 Å². The van der Waals surface area contributed by atoms with Gasteiger partial charge >= 0.3 is 5.97 Å². The summed E-state index contributed by atoms with van der Waals surface area (Å²) in [6.07, 6.45) is 3.12. The van der Waals surface area contributed by atoms with Crippen molar-refractivity contribution in [1.29, 1.82) is 0 Å². The third-order valence-electron chi connectivity index (χ3n) is 1.70. The SMILES string of the molecule is COC(=O)C([O-])=Cc1ccncc1[N+](=O)[O-].[K]. The second kappa shape index (κ2) is 7.51. The normalized spacial score (nSPS) is 10.3. The molecule has 0 bridgehead atoms. The number of nitrogens with zero attached hydrogens (tertiary/aromatic N) is 2. The zero-order valence-electron chi connectivity index (χ0n) is 9.25. The first-order chi connectivity index (χ1) is 7.56. The molecule has 1 radical (unpaired) electrons. The van der Waals surface area contributed by atoms with Gasteiger partial charge in [-0.05, 0) is 17.9 Å². The van der Waals surface area contributed by atoms with Crippen molar-refractivity contribution in [3.8, 4) is 0 Å². The van der Waals surface area contributed by atoms with Gasteiger partial charge in [0.25, 0.3) is 5.69 Å². The largest absolute Gasteiger partial charge is 0.868 e. The number of esters is 1. The molecule has 0 fully saturated rings. The molecule has 0 aliphatic rings. The summed E-state index contributed by atoms with van der Waals surface area (Å²) in [6.45, 7) is 0. The van der Waals surface area contributed by atoms with Crippen molar-refractivity contribution in [1.82, 2.24) is 4.98 Å². The molecule has 8 heteroatoms. The van der Waals surface area contributed by atoms with Crippen LogP contribution in [-0.2, 0) is 9.53 Å². The molecule has 85 valence electrons. The molecule has 1 aromatic heterocycles. The van der Waals surface area contributed by atoms with Gasteiger partial charge in [-0.15, -0.1) is 0 Å². The first-order valence-electron chi connectivity index (χ1n) is 4.11. The van der Waals surface area contributed by atoms with E-state index in [2.05, 4.69) is 9.72 Å². The molecule has 0 spiro atoms. The maximum atomic E-state index is 11.1. The number of hydrogen-bond acceptors (Lipinski definition) is 6. The molecular formula is C9H7KN2O5-. The quantitative estimate of drug-likeness (QED) is 0.181. The number of aromatic nitrogens is 1. The van der Waals surface area contributed by atoms with E-state index in [1.165, 1.54) is 12.3 Å². The minimum absolute atomic E-state index is 0. The molecule has 0 saturated carbocycles. The Morgan fingerprint density at radius 3 is 2.76 bits per heavy atom. The first kappa shape index (κ1) is 16.2. The molecule has 0 aliphatic heterocycles. The molecule has 1 rings (SSSR count). The Bertz CT molecular complexity index is 460. The average Bonchev–Trinajstić information content (AvgIpc) is 2.28. The van der Waals surface area contributed by atoms with Crippen LogP contribution in [0, 0.1) is 10.1 Å². The fraction of sp³-hybridized carbons (Fsp3) is 0.111. The Labute approximate surface area is 139 Å². The summed E-state index contributed by atoms with van der Waals surface area (Å²) >= 11 is 0. The van der Waals surface area contributed by atoms with E-state index in [4.69, 9.17) is 0 Å². The van der Waals surface area contributed by atoms with Crippen molar-refractivity contribution in [2.24, 2.45) is 0 Å². The van der Waals surface area contributed by atoms with E-state index < -0.39 is 16.7 Å². The van der Waals surface area contributed by atoms with Gasteiger partial charge in [0.1, 0.15) is 6.20 Å². The Hall–Kier alpha value is -0.804. The third-order valence-corrected chi connectivity index (χ3v) is 1.70. The molecule has 7 nitrogen and oxygen atoms in total. The summed E-state index contributed by atoms with van der Waals surface area (Å²) in [5.74, 6) is -2.04. The molecular weight excluding hydrogens is 255 g/mol. The van der Waals surface area contributed by atoms with Crippen molar-refractivity contribution in [3.63, 3.8) is 0 Å². The molecule has 0 unspecified atom stereocenters. The van der Waals surface area contributed by atoms with Gasteiger partial charge < -0.3 is 9.84 Å². The molecule has 0 amide bonds. The van der Waals surface area contributed by atoms with Crippen LogP contribution in [0.25, 0.3) is 6.08 Å². The second-order valence-corrected chi connectivity index (χ2v) is 2.69. The monoisotopic (exact) mass is 262 g/mol. The molecule has 0 N–H and O–H groups in total. The fourth-order valence-electron chi connectivity index (χ4n) is 0.972. The van der Waals surface area contributed by atoms with Gasteiger partial charge in [0.2, 0.25) is 0 Å². The van der Waals surface area contributed by atoms with Crippen LogP contribution < -0.4 is 5.11 Å². The molecule has 0 aromatic carbocycles. The molecule has 0 atom stereocenters. The second-order valence-electron chi connectivity index (χ2n) is 2.69. The topological polar surface area (TPSA) is 105 Å². The maximum Gasteiger partial charge on any atom is 0.322 e. The van der Waals surface area contributed by atoms with Gasteiger partial charge in [0, 0.05) is 57.6 Å². The van der Waals surface area contributed by atoms with Crippen molar-refractivity contribution in [2.75, 3.05) is 7.11 Å². The Kier molecular flexibility index (Phi) is 7.15. The number of rotatable bonds is 3. The van der Waals surface area contributed by atoms with Gasteiger partial charge in [-0.2, -0.15) is 0 Å². The zero-order valence-corrected chi connectivity index (χ0v) is 12.4. The summed E-state index contributed by atoms with van der Waals surface area (Å²) in [6, 6.07) is 1.26. The van der Waals surface area contributed by atoms with E-state index in [1.54, 1.807) is 0 Å². The van der Waals surface area contributed by atoms with Gasteiger partial charge in [-0.1, -0.05) is 0 Å². The van der Waals surface area contributed by atoms with E-state index >= 15 is 0 Å². The summed E-state index contributed by atoms with van der Waals surface area (Å²) in [5, 5.41) is 21.7. The summed E-state index contributed by atoms with van der Waals surface area (Å²) in [7, 11) is 1.05. The van der Waals surface area contributed by atoms with Gasteiger partial charge in [-0.3, -0.25) is 15.1 Å². The minimum atomic E-state index is -1.08. The number of carbonyl (C=O) groups excluding carboxylic acids is 1. The zero-order chi connectivity index (χ0) is 12.1. The number of nitro groups is 1. The van der Waals surface area contributed by atoms with E-state index in [0.717, 1.165) is 19.4 Å². The van der Waals surface area contributed by atoms with Crippen LogP contribution in [-0.4, -0.2) is 74.4 Å². The van der Waals surface area contributed by atoms with Crippen molar-refractivity contribution >= 4 is 69.1 Å². The smallest absolute Gasteiger partial charge is 0.322 e. The van der Waals surface area contributed by atoms with Crippen LogP contribution in [0.4, 0.5) is 5.69 Å². The van der Waals surface area contributed by atoms with Gasteiger partial charge in [0.15, 0.2) is 0 Å². The van der Waals surface area contributed by atoms with Crippen molar-refractivity contribution in [3.05, 3.63) is 39.9 Å². The average molecular weight is 262 g/mol. The molecule has 1 heterocycles. The van der Waals surface area contributed by atoms with Crippen LogP contribution in [0.3, 0.4) is 0 Å². The third kappa shape index (κ3) is 4.52. The van der Waals surface area contributed by atoms with E-state index in [0.29, 0.717) is 0 Å². The predicted molar refractivity (Wildman–Crippen MR) is 56.6 cm³/mol. The van der Waals surface area contributed by atoms with Crippen molar-refractivity contribution < 1.29 is 19.6 Å². The first-order valence-corrected chi connectivity index (χ1v) is 4.11. The summed E-state index contributed by atoms with van der Waals surface area (Å²) in [5.41, 5.74) is -0.338. The van der Waals surface area contributed by atoms with Gasteiger partial charge in [-0.25, -0.2) is 4.79 Å². The molecule has 1 aromatic rings. The molecule has 0 saturated heterocycles. The minimum Gasteiger partial charge on any atom is -0.868 e. The van der Waals surface area contributed by atoms with Crippen LogP contribution in [0.1, 0.15) is 5.56 Å². The molecule has 17 heavy (non-hydrogen) atoms. The number of methoxy groups -OCH3 is 1. The van der Waals surface area contributed by atoms with Crippen LogP contribution >= 0.6 is 0 Å². The Balaban J connectivity index is 0.00000256. The van der Waals surface area contributed by atoms with E-state index in [9.17, 15) is 20.0 Å². The maximum absolute atomic E-state index is 11.1. The Morgan fingerprint density at radius 1 is 1.59 bits per heavy atom. The Morgan fingerprint density at radius 2 is 2.24 bits per heavy atom. The van der Waals surface area contributed by atoms with Crippen molar-refractivity contribution in [2.45, 2.75) is 0 Å². The summed E-state index contributed by atoms with van der Waals surface area (Å²) < 4.78 is 4.18. The van der Waals surface area contributed by atoms with Gasteiger partial charge in [0.05, 0.1) is 17.6 Å². The molecule has 0 aliphatic carbocycles. The predicted octanol–water partition coefficient (Wildman–Crippen LogP) is -0.517. The standard InChI is InChI=1S/C9H8N2O5.K/c1-16-9(13)8(12)4-6-2-3-10-5-7(6)11(14)15;/h2-5,12H,1H3;/p-1.